The highest BCUT2D eigenvalue weighted by molar-refractivity contribution is 7.99. The van der Waals surface area contributed by atoms with Gasteiger partial charge in [0.15, 0.2) is 0 Å². The molecule has 0 aliphatic rings. The van der Waals surface area contributed by atoms with E-state index in [0.29, 0.717) is 6.54 Å². The van der Waals surface area contributed by atoms with Gasteiger partial charge in [0.25, 0.3) is 0 Å². The van der Waals surface area contributed by atoms with E-state index < -0.39 is 0 Å². The van der Waals surface area contributed by atoms with Crippen LogP contribution in [0, 0.1) is 5.82 Å². The second kappa shape index (κ2) is 5.09. The average molecular weight is 234 g/mol. The summed E-state index contributed by atoms with van der Waals surface area (Å²) in [6.45, 7) is 0.485. The van der Waals surface area contributed by atoms with E-state index in [-0.39, 0.29) is 5.82 Å². The third-order valence-corrected chi connectivity index (χ3v) is 2.98. The lowest BCUT2D eigenvalue weighted by Gasteiger charge is -2.02. The zero-order valence-corrected chi connectivity index (χ0v) is 9.38. The van der Waals surface area contributed by atoms with E-state index in [0.717, 1.165) is 15.5 Å². The van der Waals surface area contributed by atoms with Crippen LogP contribution in [0.1, 0.15) is 5.56 Å². The first-order valence-electron chi connectivity index (χ1n) is 4.86. The van der Waals surface area contributed by atoms with Gasteiger partial charge in [-0.15, -0.1) is 0 Å². The maximum absolute atomic E-state index is 13.0. The quantitative estimate of drug-likeness (QED) is 0.887. The molecule has 4 heteroatoms. The van der Waals surface area contributed by atoms with Crippen LogP contribution in [0.4, 0.5) is 4.39 Å². The lowest BCUT2D eigenvalue weighted by atomic mass is 10.3. The first-order valence-corrected chi connectivity index (χ1v) is 5.68. The minimum absolute atomic E-state index is 0.236. The standard InChI is InChI=1S/C12H11FN2S/c13-10-2-1-3-11(7-10)16-12-6-9(8-14)4-5-15-12/h1-7H,8,14H2. The van der Waals surface area contributed by atoms with E-state index in [1.807, 2.05) is 18.2 Å². The van der Waals surface area contributed by atoms with Gasteiger partial charge in [0, 0.05) is 17.6 Å². The predicted molar refractivity (Wildman–Crippen MR) is 62.7 cm³/mol. The predicted octanol–water partition coefficient (Wildman–Crippen LogP) is 2.83. The Balaban J connectivity index is 2.20. The molecule has 2 N–H and O–H groups in total. The maximum Gasteiger partial charge on any atom is 0.124 e. The first-order chi connectivity index (χ1) is 7.78. The van der Waals surface area contributed by atoms with Gasteiger partial charge in [0.05, 0.1) is 0 Å². The molecule has 0 spiro atoms. The Labute approximate surface area is 97.7 Å². The van der Waals surface area contributed by atoms with Crippen molar-refractivity contribution in [3.8, 4) is 0 Å². The summed E-state index contributed by atoms with van der Waals surface area (Å²) in [5, 5.41) is 0.827. The number of nitrogens with two attached hydrogens (primary N) is 1. The summed E-state index contributed by atoms with van der Waals surface area (Å²) < 4.78 is 13.0. The molecule has 0 radical (unpaired) electrons. The third kappa shape index (κ3) is 2.81. The van der Waals surface area contributed by atoms with Crippen molar-refractivity contribution in [2.24, 2.45) is 5.73 Å². The summed E-state index contributed by atoms with van der Waals surface area (Å²) in [4.78, 5) is 5.03. The van der Waals surface area contributed by atoms with E-state index in [2.05, 4.69) is 4.98 Å². The van der Waals surface area contributed by atoms with Crippen molar-refractivity contribution in [1.82, 2.24) is 4.98 Å². The number of hydrogen-bond acceptors (Lipinski definition) is 3. The van der Waals surface area contributed by atoms with Crippen LogP contribution >= 0.6 is 11.8 Å². The number of hydrogen-bond donors (Lipinski definition) is 1. The highest BCUT2D eigenvalue weighted by Gasteiger charge is 2.00. The van der Waals surface area contributed by atoms with Crippen molar-refractivity contribution >= 4 is 11.8 Å². The first kappa shape index (κ1) is 11.1. The summed E-state index contributed by atoms with van der Waals surface area (Å²) in [5.41, 5.74) is 6.56. The molecule has 82 valence electrons. The van der Waals surface area contributed by atoms with Gasteiger partial charge in [-0.3, -0.25) is 0 Å². The van der Waals surface area contributed by atoms with Crippen molar-refractivity contribution < 1.29 is 4.39 Å². The number of nitrogens with zero attached hydrogens (tertiary/aromatic N) is 1. The summed E-state index contributed by atoms with van der Waals surface area (Å²) >= 11 is 1.42. The Morgan fingerprint density at radius 1 is 1.25 bits per heavy atom. The molecule has 0 unspecified atom stereocenters. The second-order valence-corrected chi connectivity index (χ2v) is 4.36. The van der Waals surface area contributed by atoms with E-state index in [1.165, 1.54) is 23.9 Å². The Hall–Kier alpha value is -1.39. The lowest BCUT2D eigenvalue weighted by molar-refractivity contribution is 0.624. The van der Waals surface area contributed by atoms with Crippen LogP contribution in [-0.4, -0.2) is 4.98 Å². The number of benzene rings is 1. The maximum atomic E-state index is 13.0. The average Bonchev–Trinajstić information content (AvgIpc) is 2.29. The molecule has 2 aromatic rings. The molecule has 0 atom stereocenters. The molecule has 0 saturated carbocycles. The highest BCUT2D eigenvalue weighted by Crippen LogP contribution is 2.26. The highest BCUT2D eigenvalue weighted by atomic mass is 32.2. The number of pyridine rings is 1. The van der Waals surface area contributed by atoms with Crippen LogP contribution < -0.4 is 5.73 Å². The molecule has 0 aliphatic heterocycles. The molecule has 0 amide bonds. The molecule has 0 bridgehead atoms. The number of rotatable bonds is 3. The van der Waals surface area contributed by atoms with Gasteiger partial charge in [-0.1, -0.05) is 17.8 Å². The van der Waals surface area contributed by atoms with Crippen LogP contribution in [0.2, 0.25) is 0 Å². The van der Waals surface area contributed by atoms with Crippen LogP contribution in [-0.2, 0) is 6.54 Å². The van der Waals surface area contributed by atoms with Crippen LogP contribution in [0.15, 0.2) is 52.5 Å². The molecule has 1 heterocycles. The van der Waals surface area contributed by atoms with Crippen LogP contribution in [0.3, 0.4) is 0 Å². The van der Waals surface area contributed by atoms with Gasteiger partial charge in [0.2, 0.25) is 0 Å². The fourth-order valence-electron chi connectivity index (χ4n) is 1.28. The molecular formula is C12H11FN2S. The molecule has 1 aromatic heterocycles. The topological polar surface area (TPSA) is 38.9 Å². The summed E-state index contributed by atoms with van der Waals surface area (Å²) in [7, 11) is 0. The number of aromatic nitrogens is 1. The molecular weight excluding hydrogens is 223 g/mol. The summed E-state index contributed by atoms with van der Waals surface area (Å²) in [6, 6.07) is 10.2. The van der Waals surface area contributed by atoms with Gasteiger partial charge < -0.3 is 5.73 Å². The van der Waals surface area contributed by atoms with E-state index in [4.69, 9.17) is 5.73 Å². The van der Waals surface area contributed by atoms with Gasteiger partial charge in [0.1, 0.15) is 10.8 Å². The summed E-state index contributed by atoms with van der Waals surface area (Å²) in [5.74, 6) is -0.236. The van der Waals surface area contributed by atoms with E-state index in [9.17, 15) is 4.39 Å². The van der Waals surface area contributed by atoms with Crippen molar-refractivity contribution in [2.45, 2.75) is 16.5 Å². The Kier molecular flexibility index (Phi) is 3.54. The second-order valence-electron chi connectivity index (χ2n) is 3.27. The van der Waals surface area contributed by atoms with Gasteiger partial charge in [-0.2, -0.15) is 0 Å². The van der Waals surface area contributed by atoms with Crippen molar-refractivity contribution in [1.29, 1.82) is 0 Å². The van der Waals surface area contributed by atoms with Crippen molar-refractivity contribution in [3.63, 3.8) is 0 Å². The third-order valence-electron chi connectivity index (χ3n) is 2.05. The molecule has 0 aliphatic carbocycles. The van der Waals surface area contributed by atoms with E-state index in [1.54, 1.807) is 12.3 Å². The fourth-order valence-corrected chi connectivity index (χ4v) is 2.17. The van der Waals surface area contributed by atoms with Crippen molar-refractivity contribution in [3.05, 3.63) is 54.0 Å². The molecule has 2 nitrogen and oxygen atoms in total. The lowest BCUT2D eigenvalue weighted by Crippen LogP contribution is -1.96. The van der Waals surface area contributed by atoms with Gasteiger partial charge >= 0.3 is 0 Å². The molecule has 0 fully saturated rings. The zero-order valence-electron chi connectivity index (χ0n) is 8.56. The van der Waals surface area contributed by atoms with Crippen LogP contribution in [0.5, 0.6) is 0 Å². The minimum Gasteiger partial charge on any atom is -0.326 e. The van der Waals surface area contributed by atoms with Gasteiger partial charge in [-0.25, -0.2) is 9.37 Å². The SMILES string of the molecule is NCc1ccnc(Sc2cccc(F)c2)c1. The normalized spacial score (nSPS) is 10.4. The Morgan fingerprint density at radius 2 is 2.12 bits per heavy atom. The van der Waals surface area contributed by atoms with Crippen molar-refractivity contribution in [2.75, 3.05) is 0 Å². The Morgan fingerprint density at radius 3 is 2.88 bits per heavy atom. The zero-order chi connectivity index (χ0) is 11.4. The fraction of sp³-hybridized carbons (Fsp3) is 0.0833. The van der Waals surface area contributed by atoms with Crippen LogP contribution in [0.25, 0.3) is 0 Å². The number of halogens is 1. The molecule has 1 aromatic carbocycles. The minimum atomic E-state index is -0.236. The Bertz CT molecular complexity index is 488. The van der Waals surface area contributed by atoms with E-state index >= 15 is 0 Å². The molecule has 2 rings (SSSR count). The largest absolute Gasteiger partial charge is 0.326 e. The van der Waals surface area contributed by atoms with Gasteiger partial charge in [-0.05, 0) is 35.9 Å². The molecule has 0 saturated heterocycles. The molecule has 16 heavy (non-hydrogen) atoms. The summed E-state index contributed by atoms with van der Waals surface area (Å²) in [6.07, 6.45) is 1.71. The monoisotopic (exact) mass is 234 g/mol. The smallest absolute Gasteiger partial charge is 0.124 e.